The summed E-state index contributed by atoms with van der Waals surface area (Å²) in [6.07, 6.45) is 22.4. The summed E-state index contributed by atoms with van der Waals surface area (Å²) in [6.45, 7) is 5.20. The molecule has 26 heavy (non-hydrogen) atoms. The topological polar surface area (TPSA) is 57.5 Å². The summed E-state index contributed by atoms with van der Waals surface area (Å²) in [6, 6.07) is 0. The lowest BCUT2D eigenvalue weighted by molar-refractivity contribution is -0.105. The maximum absolute atomic E-state index is 10.6. The van der Waals surface area contributed by atoms with Gasteiger partial charge in [-0.05, 0) is 24.7 Å². The molecule has 0 aromatic heterocycles. The lowest BCUT2D eigenvalue weighted by atomic mass is 9.86. The highest BCUT2D eigenvalue weighted by molar-refractivity contribution is 5.72. The molecule has 0 bridgehead atoms. The highest BCUT2D eigenvalue weighted by atomic mass is 16.2. The summed E-state index contributed by atoms with van der Waals surface area (Å²) in [7, 11) is 0. The molecule has 0 aromatic carbocycles. The lowest BCUT2D eigenvalue weighted by Gasteiger charge is -2.19. The van der Waals surface area contributed by atoms with Crippen molar-refractivity contribution >= 4 is 6.29 Å². The third kappa shape index (κ3) is 13.0. The Bertz CT molecular complexity index is 362. The Morgan fingerprint density at radius 1 is 0.923 bits per heavy atom. The summed E-state index contributed by atoms with van der Waals surface area (Å²) in [5, 5.41) is 16.2. The van der Waals surface area contributed by atoms with E-state index in [9.17, 15) is 4.79 Å². The van der Waals surface area contributed by atoms with E-state index in [1.54, 1.807) is 0 Å². The van der Waals surface area contributed by atoms with E-state index >= 15 is 0 Å². The van der Waals surface area contributed by atoms with Crippen LogP contribution in [0.2, 0.25) is 0 Å². The van der Waals surface area contributed by atoms with Crippen LogP contribution in [0.4, 0.5) is 0 Å². The van der Waals surface area contributed by atoms with Crippen LogP contribution in [-0.4, -0.2) is 16.5 Å². The molecule has 1 fully saturated rings. The molecule has 0 saturated heterocycles. The normalized spacial score (nSPS) is 19.7. The van der Waals surface area contributed by atoms with Gasteiger partial charge in [0.15, 0.2) is 0 Å². The van der Waals surface area contributed by atoms with Gasteiger partial charge in [-0.2, -0.15) is 0 Å². The van der Waals surface area contributed by atoms with Crippen LogP contribution in [-0.2, 0) is 4.79 Å². The molecule has 1 saturated carbocycles. The Morgan fingerprint density at radius 2 is 1.42 bits per heavy atom. The fourth-order valence-electron chi connectivity index (χ4n) is 4.13. The number of carbonyl (C=O) groups excluding carboxylic acids is 1. The van der Waals surface area contributed by atoms with Crippen LogP contribution in [0, 0.1) is 11.8 Å². The van der Waals surface area contributed by atoms with Gasteiger partial charge in [-0.3, -0.25) is 4.79 Å². The first-order valence-corrected chi connectivity index (χ1v) is 10.8. The minimum Gasteiger partial charge on any atom is -0.516 e. The van der Waals surface area contributed by atoms with Crippen LogP contribution in [0.3, 0.4) is 0 Å². The summed E-state index contributed by atoms with van der Waals surface area (Å²) >= 11 is 0. The summed E-state index contributed by atoms with van der Waals surface area (Å²) < 4.78 is 0. The minimum atomic E-state index is 0.534. The van der Waals surface area contributed by atoms with Crippen LogP contribution in [0.5, 0.6) is 0 Å². The number of allylic oxidation sites excluding steroid dienone is 1. The van der Waals surface area contributed by atoms with E-state index in [4.69, 9.17) is 10.2 Å². The minimum absolute atomic E-state index is 0.534. The molecule has 0 radical (unpaired) electrons. The molecule has 0 amide bonds. The highest BCUT2D eigenvalue weighted by Crippen LogP contribution is 2.38. The molecule has 0 aliphatic heterocycles. The maximum Gasteiger partial charge on any atom is 0.149 e. The van der Waals surface area contributed by atoms with Crippen molar-refractivity contribution < 1.29 is 15.0 Å². The number of hydrogen-bond donors (Lipinski definition) is 2. The van der Waals surface area contributed by atoms with Gasteiger partial charge in [0.25, 0.3) is 0 Å². The second kappa shape index (κ2) is 18.5. The monoisotopic (exact) mass is 366 g/mol. The second-order valence-corrected chi connectivity index (χ2v) is 7.61. The van der Waals surface area contributed by atoms with Gasteiger partial charge in [-0.1, -0.05) is 97.0 Å². The molecule has 152 valence electrons. The SMILES string of the molecule is C=CO.CCCCCCCC[C@H]1CCC[C@@H]1CCCCCC(C=O)=CO. The highest BCUT2D eigenvalue weighted by Gasteiger charge is 2.25. The summed E-state index contributed by atoms with van der Waals surface area (Å²) in [5.41, 5.74) is 0.534. The van der Waals surface area contributed by atoms with E-state index < -0.39 is 0 Å². The van der Waals surface area contributed by atoms with Crippen molar-refractivity contribution in [3.63, 3.8) is 0 Å². The first kappa shape index (κ1) is 24.8. The van der Waals surface area contributed by atoms with Gasteiger partial charge in [0.2, 0.25) is 0 Å². The van der Waals surface area contributed by atoms with Gasteiger partial charge in [0.1, 0.15) is 6.29 Å². The van der Waals surface area contributed by atoms with Crippen LogP contribution >= 0.6 is 0 Å². The molecule has 0 aromatic rings. The van der Waals surface area contributed by atoms with E-state index in [0.717, 1.165) is 43.5 Å². The average molecular weight is 367 g/mol. The largest absolute Gasteiger partial charge is 0.516 e. The molecule has 0 spiro atoms. The summed E-state index contributed by atoms with van der Waals surface area (Å²) in [5.74, 6) is 1.95. The molecule has 1 aliphatic carbocycles. The predicted molar refractivity (Wildman–Crippen MR) is 112 cm³/mol. The Labute approximate surface area is 161 Å². The van der Waals surface area contributed by atoms with Crippen molar-refractivity contribution in [3.8, 4) is 0 Å². The van der Waals surface area contributed by atoms with E-state index in [1.807, 2.05) is 0 Å². The molecule has 1 aliphatic rings. The molecule has 2 atom stereocenters. The zero-order valence-corrected chi connectivity index (χ0v) is 17.0. The van der Waals surface area contributed by atoms with Gasteiger partial charge in [0.05, 0.1) is 12.5 Å². The summed E-state index contributed by atoms with van der Waals surface area (Å²) in [4.78, 5) is 10.6. The van der Waals surface area contributed by atoms with Gasteiger partial charge < -0.3 is 10.2 Å². The third-order valence-corrected chi connectivity index (χ3v) is 5.60. The second-order valence-electron chi connectivity index (χ2n) is 7.61. The lowest BCUT2D eigenvalue weighted by Crippen LogP contribution is -2.08. The van der Waals surface area contributed by atoms with Crippen molar-refractivity contribution in [3.05, 3.63) is 24.7 Å². The first-order chi connectivity index (χ1) is 12.7. The molecule has 3 heteroatoms. The zero-order chi connectivity index (χ0) is 19.5. The zero-order valence-electron chi connectivity index (χ0n) is 17.0. The Balaban J connectivity index is 0.00000194. The van der Waals surface area contributed by atoms with Crippen molar-refractivity contribution in [2.45, 2.75) is 103 Å². The fourth-order valence-corrected chi connectivity index (χ4v) is 4.13. The first-order valence-electron chi connectivity index (χ1n) is 10.8. The van der Waals surface area contributed by atoms with Gasteiger partial charge in [0, 0.05) is 5.57 Å². The Morgan fingerprint density at radius 3 is 1.92 bits per heavy atom. The number of aliphatic hydroxyl groups is 2. The number of aliphatic hydroxyl groups excluding tert-OH is 2. The van der Waals surface area contributed by atoms with Crippen molar-refractivity contribution in [1.82, 2.24) is 0 Å². The smallest absolute Gasteiger partial charge is 0.149 e. The number of aldehydes is 1. The van der Waals surface area contributed by atoms with Gasteiger partial charge in [-0.25, -0.2) is 0 Å². The Hall–Kier alpha value is -1.25. The number of unbranched alkanes of at least 4 members (excludes halogenated alkanes) is 7. The molecular weight excluding hydrogens is 324 g/mol. The van der Waals surface area contributed by atoms with Crippen molar-refractivity contribution in [2.24, 2.45) is 11.8 Å². The van der Waals surface area contributed by atoms with E-state index in [0.29, 0.717) is 5.57 Å². The molecule has 1 rings (SSSR count). The molecule has 3 nitrogen and oxygen atoms in total. The third-order valence-electron chi connectivity index (χ3n) is 5.60. The standard InChI is InChI=1S/C21H38O2.C2H4O/c1-2-3-4-5-6-9-13-20-15-11-16-21(20)14-10-7-8-12-19(17-22)18-23;1-2-3/h17-18,20-22H,2-16H2,1H3;2-3H,1H2/t20-,21-;/m0./s1. The fraction of sp³-hybridized carbons (Fsp3) is 0.783. The number of hydrogen-bond acceptors (Lipinski definition) is 3. The van der Waals surface area contributed by atoms with Crippen LogP contribution in [0.15, 0.2) is 24.7 Å². The molecule has 0 heterocycles. The Kier molecular flexibility index (Phi) is 17.6. The van der Waals surface area contributed by atoms with Crippen LogP contribution in [0.1, 0.15) is 103 Å². The quantitative estimate of drug-likeness (QED) is 0.145. The number of rotatable bonds is 14. The van der Waals surface area contributed by atoms with E-state index in [1.165, 1.54) is 83.5 Å². The maximum atomic E-state index is 10.6. The molecular formula is C23H42O3. The van der Waals surface area contributed by atoms with E-state index in [2.05, 4.69) is 13.5 Å². The van der Waals surface area contributed by atoms with Crippen molar-refractivity contribution in [2.75, 3.05) is 0 Å². The number of carbonyl (C=O) groups is 1. The average Bonchev–Trinajstić information content (AvgIpc) is 3.09. The van der Waals surface area contributed by atoms with Gasteiger partial charge in [-0.15, -0.1) is 0 Å². The van der Waals surface area contributed by atoms with Gasteiger partial charge >= 0.3 is 0 Å². The van der Waals surface area contributed by atoms with E-state index in [-0.39, 0.29) is 0 Å². The molecule has 2 N–H and O–H groups in total. The van der Waals surface area contributed by atoms with Crippen LogP contribution < -0.4 is 0 Å². The van der Waals surface area contributed by atoms with Crippen molar-refractivity contribution in [1.29, 1.82) is 0 Å². The predicted octanol–water partition coefficient (Wildman–Crippen LogP) is 7.43. The molecule has 0 unspecified atom stereocenters. The van der Waals surface area contributed by atoms with Crippen LogP contribution in [0.25, 0.3) is 0 Å².